The van der Waals surface area contributed by atoms with Gasteiger partial charge in [0.1, 0.15) is 5.75 Å². The van der Waals surface area contributed by atoms with E-state index in [1.807, 2.05) is 19.2 Å². The van der Waals surface area contributed by atoms with Crippen molar-refractivity contribution in [2.45, 2.75) is 39.2 Å². The largest absolute Gasteiger partial charge is 0.492 e. The zero-order valence-corrected chi connectivity index (χ0v) is 10.7. The van der Waals surface area contributed by atoms with Crippen molar-refractivity contribution in [2.24, 2.45) is 17.6 Å². The number of ether oxygens (including phenoxy) is 1. The number of rotatable bonds is 4. The van der Waals surface area contributed by atoms with Crippen molar-refractivity contribution in [1.82, 2.24) is 4.98 Å². The van der Waals surface area contributed by atoms with Crippen LogP contribution in [0, 0.1) is 11.8 Å². The van der Waals surface area contributed by atoms with Crippen LogP contribution in [0.1, 0.15) is 44.7 Å². The average Bonchev–Trinajstić information content (AvgIpc) is 2.76. The molecule has 94 valence electrons. The fourth-order valence-electron chi connectivity index (χ4n) is 2.71. The van der Waals surface area contributed by atoms with Crippen LogP contribution in [0.4, 0.5) is 0 Å². The van der Waals surface area contributed by atoms with Crippen molar-refractivity contribution >= 4 is 0 Å². The third kappa shape index (κ3) is 2.97. The van der Waals surface area contributed by atoms with Gasteiger partial charge in [0.25, 0.3) is 0 Å². The molecule has 3 heteroatoms. The van der Waals surface area contributed by atoms with Gasteiger partial charge in [-0.2, -0.15) is 0 Å². The zero-order valence-electron chi connectivity index (χ0n) is 10.7. The molecule has 2 N–H and O–H groups in total. The average molecular weight is 234 g/mol. The third-order valence-electron chi connectivity index (χ3n) is 3.67. The van der Waals surface area contributed by atoms with Crippen LogP contribution in [0.2, 0.25) is 0 Å². The van der Waals surface area contributed by atoms with Gasteiger partial charge in [0, 0.05) is 12.2 Å². The molecule has 2 rings (SSSR count). The molecule has 1 aliphatic rings. The van der Waals surface area contributed by atoms with E-state index in [2.05, 4.69) is 11.9 Å². The molecule has 3 atom stereocenters. The first-order chi connectivity index (χ1) is 8.20. The van der Waals surface area contributed by atoms with Crippen LogP contribution in [0.25, 0.3) is 0 Å². The summed E-state index contributed by atoms with van der Waals surface area (Å²) in [6.45, 7) is 4.95. The maximum atomic E-state index is 6.33. The molecule has 1 aliphatic carbocycles. The van der Waals surface area contributed by atoms with Crippen molar-refractivity contribution in [1.29, 1.82) is 0 Å². The summed E-state index contributed by atoms with van der Waals surface area (Å²) < 4.78 is 5.46. The van der Waals surface area contributed by atoms with E-state index >= 15 is 0 Å². The molecule has 0 aromatic carbocycles. The van der Waals surface area contributed by atoms with Crippen LogP contribution < -0.4 is 10.5 Å². The fourth-order valence-corrected chi connectivity index (χ4v) is 2.71. The molecule has 17 heavy (non-hydrogen) atoms. The number of aromatic nitrogens is 1. The highest BCUT2D eigenvalue weighted by Crippen LogP contribution is 2.37. The Morgan fingerprint density at radius 1 is 1.47 bits per heavy atom. The molecule has 1 saturated carbocycles. The first-order valence-electron chi connectivity index (χ1n) is 6.54. The van der Waals surface area contributed by atoms with Gasteiger partial charge in [0.2, 0.25) is 0 Å². The smallest absolute Gasteiger partial charge is 0.137 e. The number of hydrogen-bond acceptors (Lipinski definition) is 3. The highest BCUT2D eigenvalue weighted by Gasteiger charge is 2.27. The van der Waals surface area contributed by atoms with Gasteiger partial charge >= 0.3 is 0 Å². The van der Waals surface area contributed by atoms with Crippen molar-refractivity contribution in [2.75, 3.05) is 6.61 Å². The normalized spacial score (nSPS) is 25.8. The second kappa shape index (κ2) is 5.50. The van der Waals surface area contributed by atoms with E-state index in [-0.39, 0.29) is 6.04 Å². The zero-order chi connectivity index (χ0) is 12.3. The van der Waals surface area contributed by atoms with Crippen LogP contribution in [0.5, 0.6) is 5.75 Å². The molecule has 0 aliphatic heterocycles. The highest BCUT2D eigenvalue weighted by atomic mass is 16.5. The second-order valence-corrected chi connectivity index (χ2v) is 5.09. The standard InChI is InChI=1S/C14H22N2O/c1-3-17-13-7-12(8-16-9-13)14(15)11-5-4-10(2)6-11/h7-11,14H,3-6,15H2,1-2H3. The quantitative estimate of drug-likeness (QED) is 0.871. The number of hydrogen-bond donors (Lipinski definition) is 1. The van der Waals surface area contributed by atoms with Crippen LogP contribution in [-0.4, -0.2) is 11.6 Å². The Morgan fingerprint density at radius 3 is 2.94 bits per heavy atom. The molecule has 3 nitrogen and oxygen atoms in total. The molecular weight excluding hydrogens is 212 g/mol. The van der Waals surface area contributed by atoms with Crippen molar-refractivity contribution < 1.29 is 4.74 Å². The van der Waals surface area contributed by atoms with Gasteiger partial charge in [-0.05, 0) is 43.2 Å². The van der Waals surface area contributed by atoms with E-state index in [1.54, 1.807) is 6.20 Å². The lowest BCUT2D eigenvalue weighted by molar-refractivity contribution is 0.337. The summed E-state index contributed by atoms with van der Waals surface area (Å²) in [6, 6.07) is 2.14. The maximum absolute atomic E-state index is 6.33. The Balaban J connectivity index is 2.07. The second-order valence-electron chi connectivity index (χ2n) is 5.09. The monoisotopic (exact) mass is 234 g/mol. The fraction of sp³-hybridized carbons (Fsp3) is 0.643. The van der Waals surface area contributed by atoms with Crippen molar-refractivity contribution in [3.8, 4) is 5.75 Å². The van der Waals surface area contributed by atoms with Gasteiger partial charge in [-0.25, -0.2) is 0 Å². The van der Waals surface area contributed by atoms with E-state index in [9.17, 15) is 0 Å². The first kappa shape index (κ1) is 12.4. The van der Waals surface area contributed by atoms with E-state index < -0.39 is 0 Å². The Labute approximate surface area is 103 Å². The predicted octanol–water partition coefficient (Wildman–Crippen LogP) is 2.92. The summed E-state index contributed by atoms with van der Waals surface area (Å²) in [6.07, 6.45) is 7.39. The maximum Gasteiger partial charge on any atom is 0.137 e. The first-order valence-corrected chi connectivity index (χ1v) is 6.54. The topological polar surface area (TPSA) is 48.1 Å². The Bertz CT molecular complexity index is 367. The molecule has 3 unspecified atom stereocenters. The lowest BCUT2D eigenvalue weighted by Gasteiger charge is -2.19. The van der Waals surface area contributed by atoms with Crippen LogP contribution >= 0.6 is 0 Å². The van der Waals surface area contributed by atoms with E-state index in [1.165, 1.54) is 19.3 Å². The molecule has 1 aromatic rings. The Morgan fingerprint density at radius 2 is 2.29 bits per heavy atom. The van der Waals surface area contributed by atoms with Crippen molar-refractivity contribution in [3.63, 3.8) is 0 Å². The van der Waals surface area contributed by atoms with Gasteiger partial charge in [0.05, 0.1) is 12.8 Å². The number of pyridine rings is 1. The van der Waals surface area contributed by atoms with Crippen LogP contribution in [-0.2, 0) is 0 Å². The minimum absolute atomic E-state index is 0.104. The van der Waals surface area contributed by atoms with Gasteiger partial charge in [-0.15, -0.1) is 0 Å². The van der Waals surface area contributed by atoms with E-state index in [0.717, 1.165) is 17.2 Å². The van der Waals surface area contributed by atoms with E-state index in [0.29, 0.717) is 12.5 Å². The number of nitrogens with two attached hydrogens (primary N) is 1. The Hall–Kier alpha value is -1.09. The summed E-state index contributed by atoms with van der Waals surface area (Å²) in [5.41, 5.74) is 7.44. The number of nitrogens with zero attached hydrogens (tertiary/aromatic N) is 1. The predicted molar refractivity (Wildman–Crippen MR) is 68.8 cm³/mol. The molecule has 1 aromatic heterocycles. The molecular formula is C14H22N2O. The van der Waals surface area contributed by atoms with Crippen LogP contribution in [0.3, 0.4) is 0 Å². The van der Waals surface area contributed by atoms with Gasteiger partial charge in [-0.3, -0.25) is 4.98 Å². The summed E-state index contributed by atoms with van der Waals surface area (Å²) >= 11 is 0. The van der Waals surface area contributed by atoms with Crippen LogP contribution in [0.15, 0.2) is 18.5 Å². The lowest BCUT2D eigenvalue weighted by atomic mass is 9.92. The SMILES string of the molecule is CCOc1cncc(C(N)C2CCC(C)C2)c1. The summed E-state index contributed by atoms with van der Waals surface area (Å²) in [5.74, 6) is 2.24. The lowest BCUT2D eigenvalue weighted by Crippen LogP contribution is -2.19. The molecule has 1 heterocycles. The van der Waals surface area contributed by atoms with Gasteiger partial charge in [0.15, 0.2) is 0 Å². The Kier molecular flexibility index (Phi) is 4.00. The molecule has 1 fully saturated rings. The summed E-state index contributed by atoms with van der Waals surface area (Å²) in [4.78, 5) is 4.21. The molecule has 0 bridgehead atoms. The highest BCUT2D eigenvalue weighted by molar-refractivity contribution is 5.26. The van der Waals surface area contributed by atoms with Gasteiger partial charge in [-0.1, -0.05) is 13.3 Å². The van der Waals surface area contributed by atoms with E-state index in [4.69, 9.17) is 10.5 Å². The summed E-state index contributed by atoms with van der Waals surface area (Å²) in [7, 11) is 0. The minimum atomic E-state index is 0.104. The molecule has 0 saturated heterocycles. The minimum Gasteiger partial charge on any atom is -0.492 e. The molecule has 0 amide bonds. The third-order valence-corrected chi connectivity index (χ3v) is 3.67. The van der Waals surface area contributed by atoms with Gasteiger partial charge < -0.3 is 10.5 Å². The molecule has 0 radical (unpaired) electrons. The van der Waals surface area contributed by atoms with Crippen molar-refractivity contribution in [3.05, 3.63) is 24.0 Å². The summed E-state index contributed by atoms with van der Waals surface area (Å²) in [5, 5.41) is 0. The molecule has 0 spiro atoms.